The Morgan fingerprint density at radius 2 is 1.68 bits per heavy atom. The molecule has 0 unspecified atom stereocenters. The summed E-state index contributed by atoms with van der Waals surface area (Å²) in [4.78, 5) is 24.4. The van der Waals surface area contributed by atoms with Crippen molar-refractivity contribution < 1.29 is 4.79 Å². The number of aromatic nitrogens is 2. The Labute approximate surface area is 168 Å². The molecule has 0 fully saturated rings. The third-order valence-corrected chi connectivity index (χ3v) is 4.39. The van der Waals surface area contributed by atoms with Crippen molar-refractivity contribution in [2.45, 2.75) is 73.6 Å². The molecule has 0 bridgehead atoms. The number of nitrogen functional groups attached to an aromatic ring is 2. The number of nitrogens with zero attached hydrogens (tertiary/aromatic N) is 3. The molecule has 0 saturated heterocycles. The van der Waals surface area contributed by atoms with E-state index in [1.54, 1.807) is 6.92 Å². The molecule has 0 spiro atoms. The van der Waals surface area contributed by atoms with Gasteiger partial charge in [0.05, 0.1) is 5.69 Å². The van der Waals surface area contributed by atoms with Gasteiger partial charge >= 0.3 is 0 Å². The van der Waals surface area contributed by atoms with Crippen LogP contribution in [0, 0.1) is 17.8 Å². The van der Waals surface area contributed by atoms with E-state index in [9.17, 15) is 4.79 Å². The van der Waals surface area contributed by atoms with Crippen molar-refractivity contribution >= 4 is 23.5 Å². The summed E-state index contributed by atoms with van der Waals surface area (Å²) in [7, 11) is 0. The minimum Gasteiger partial charge on any atom is -0.382 e. The van der Waals surface area contributed by atoms with Crippen molar-refractivity contribution in [1.29, 1.82) is 0 Å². The number of aliphatic imine (C=N–C) groups is 1. The number of hydrogen-bond acceptors (Lipinski definition) is 6. The lowest BCUT2D eigenvalue weighted by Gasteiger charge is -2.32. The number of hydrogen-bond donors (Lipinski definition) is 4. The van der Waals surface area contributed by atoms with Crippen LogP contribution >= 0.6 is 0 Å². The number of guanidine groups is 1. The van der Waals surface area contributed by atoms with Crippen LogP contribution in [0.1, 0.15) is 82.9 Å². The maximum absolute atomic E-state index is 12.2. The molecule has 8 nitrogen and oxygen atoms in total. The molecular weight excluding hydrogens is 354 g/mol. The van der Waals surface area contributed by atoms with Gasteiger partial charge in [-0.05, 0) is 37.0 Å². The van der Waals surface area contributed by atoms with E-state index in [4.69, 9.17) is 17.2 Å². The summed E-state index contributed by atoms with van der Waals surface area (Å²) in [5.41, 5.74) is 18.2. The zero-order valence-electron chi connectivity index (χ0n) is 18.2. The van der Waals surface area contributed by atoms with Crippen molar-refractivity contribution in [3.63, 3.8) is 0 Å². The van der Waals surface area contributed by atoms with E-state index >= 15 is 0 Å². The second-order valence-electron chi connectivity index (χ2n) is 9.36. The number of nitrogens with two attached hydrogens (primary N) is 3. The standard InChI is InChI=1S/C20H37N7O/c1-13-15(21)26-16(22)14(25-13)17(28)27-18(23)24-11-9-7-8-10-20(5,6)12-19(2,3)4/h7-12H2,1-6H3,(H4,21,22,26)(H3,23,24,27,28). The van der Waals surface area contributed by atoms with Crippen LogP contribution in [-0.2, 0) is 0 Å². The molecule has 0 aliphatic carbocycles. The van der Waals surface area contributed by atoms with Gasteiger partial charge in [-0.1, -0.05) is 47.5 Å². The average Bonchev–Trinajstić information content (AvgIpc) is 2.51. The Morgan fingerprint density at radius 1 is 1.04 bits per heavy atom. The molecule has 0 aromatic carbocycles. The van der Waals surface area contributed by atoms with Crippen LogP contribution in [-0.4, -0.2) is 28.4 Å². The number of unbranched alkanes of at least 4 members (excludes halogenated alkanes) is 2. The second-order valence-corrected chi connectivity index (χ2v) is 9.36. The number of rotatable bonds is 8. The monoisotopic (exact) mass is 391 g/mol. The third-order valence-electron chi connectivity index (χ3n) is 4.39. The van der Waals surface area contributed by atoms with Gasteiger partial charge in [0.15, 0.2) is 17.5 Å². The first-order chi connectivity index (χ1) is 12.8. The maximum Gasteiger partial charge on any atom is 0.280 e. The number of aryl methyl sites for hydroxylation is 1. The van der Waals surface area contributed by atoms with Gasteiger partial charge in [0.25, 0.3) is 5.91 Å². The van der Waals surface area contributed by atoms with Crippen molar-refractivity contribution in [3.8, 4) is 0 Å². The van der Waals surface area contributed by atoms with E-state index in [0.717, 1.165) is 19.3 Å². The first kappa shape index (κ1) is 23.7. The van der Waals surface area contributed by atoms with Crippen LogP contribution in [0.3, 0.4) is 0 Å². The van der Waals surface area contributed by atoms with Crippen LogP contribution in [0.2, 0.25) is 0 Å². The van der Waals surface area contributed by atoms with Gasteiger partial charge in [0, 0.05) is 6.54 Å². The van der Waals surface area contributed by atoms with E-state index in [1.807, 2.05) is 0 Å². The summed E-state index contributed by atoms with van der Waals surface area (Å²) < 4.78 is 0. The van der Waals surface area contributed by atoms with E-state index in [-0.39, 0.29) is 23.3 Å². The highest BCUT2D eigenvalue weighted by Gasteiger charge is 2.24. The maximum atomic E-state index is 12.2. The molecule has 0 saturated carbocycles. The van der Waals surface area contributed by atoms with Crippen molar-refractivity contribution in [3.05, 3.63) is 11.4 Å². The van der Waals surface area contributed by atoms with Crippen LogP contribution < -0.4 is 22.5 Å². The van der Waals surface area contributed by atoms with Crippen LogP contribution in [0.4, 0.5) is 11.6 Å². The average molecular weight is 392 g/mol. The van der Waals surface area contributed by atoms with Gasteiger partial charge in [-0.25, -0.2) is 9.97 Å². The minimum atomic E-state index is -0.543. The lowest BCUT2D eigenvalue weighted by Crippen LogP contribution is -2.38. The Hall–Kier alpha value is -2.38. The Balaban J connectivity index is 2.40. The van der Waals surface area contributed by atoms with E-state index < -0.39 is 5.91 Å². The fourth-order valence-electron chi connectivity index (χ4n) is 3.54. The van der Waals surface area contributed by atoms with Crippen molar-refractivity contribution in [2.75, 3.05) is 18.0 Å². The molecule has 1 aromatic rings. The summed E-state index contributed by atoms with van der Waals surface area (Å²) in [5.74, 6) is -0.334. The lowest BCUT2D eigenvalue weighted by atomic mass is 9.73. The first-order valence-electron chi connectivity index (χ1n) is 9.82. The number of carbonyl (C=O) groups is 1. The van der Waals surface area contributed by atoms with Gasteiger partial charge in [-0.15, -0.1) is 0 Å². The summed E-state index contributed by atoms with van der Waals surface area (Å²) in [6.07, 6.45) is 5.54. The second kappa shape index (κ2) is 9.71. The lowest BCUT2D eigenvalue weighted by molar-refractivity contribution is 0.0972. The van der Waals surface area contributed by atoms with E-state index in [1.165, 1.54) is 12.8 Å². The predicted octanol–water partition coefficient (Wildman–Crippen LogP) is 3.02. The van der Waals surface area contributed by atoms with Gasteiger partial charge < -0.3 is 17.2 Å². The predicted molar refractivity (Wildman–Crippen MR) is 116 cm³/mol. The van der Waals surface area contributed by atoms with Crippen LogP contribution in [0.25, 0.3) is 0 Å². The molecule has 1 amide bonds. The normalized spacial score (nSPS) is 12.9. The highest BCUT2D eigenvalue weighted by molar-refractivity contribution is 6.06. The summed E-state index contributed by atoms with van der Waals surface area (Å²) in [6, 6.07) is 0. The molecule has 28 heavy (non-hydrogen) atoms. The minimum absolute atomic E-state index is 0.00840. The molecule has 1 rings (SSSR count). The molecule has 0 aliphatic heterocycles. The summed E-state index contributed by atoms with van der Waals surface area (Å²) in [6.45, 7) is 13.7. The molecule has 158 valence electrons. The SMILES string of the molecule is Cc1nc(C(=O)NC(N)=NCCCCCC(C)(C)CC(C)(C)C)c(N)nc1N. The molecule has 0 radical (unpaired) electrons. The van der Waals surface area contributed by atoms with E-state index in [0.29, 0.717) is 23.1 Å². The molecule has 0 atom stereocenters. The third kappa shape index (κ3) is 8.54. The molecule has 7 N–H and O–H groups in total. The molecule has 8 heteroatoms. The van der Waals surface area contributed by atoms with Crippen LogP contribution in [0.5, 0.6) is 0 Å². The Morgan fingerprint density at radius 3 is 2.29 bits per heavy atom. The van der Waals surface area contributed by atoms with Crippen molar-refractivity contribution in [1.82, 2.24) is 15.3 Å². The largest absolute Gasteiger partial charge is 0.382 e. The van der Waals surface area contributed by atoms with Gasteiger partial charge in [-0.3, -0.25) is 15.1 Å². The number of nitrogens with one attached hydrogen (secondary N) is 1. The molecule has 0 aliphatic rings. The highest BCUT2D eigenvalue weighted by Crippen LogP contribution is 2.36. The van der Waals surface area contributed by atoms with E-state index in [2.05, 4.69) is 54.9 Å². The molecule has 1 heterocycles. The van der Waals surface area contributed by atoms with Crippen LogP contribution in [0.15, 0.2) is 4.99 Å². The summed E-state index contributed by atoms with van der Waals surface area (Å²) >= 11 is 0. The molecule has 1 aromatic heterocycles. The van der Waals surface area contributed by atoms with Gasteiger partial charge in [0.2, 0.25) is 0 Å². The zero-order valence-corrected chi connectivity index (χ0v) is 18.2. The number of amides is 1. The topological polar surface area (TPSA) is 145 Å². The Bertz CT molecular complexity index is 705. The smallest absolute Gasteiger partial charge is 0.280 e. The van der Waals surface area contributed by atoms with Gasteiger partial charge in [-0.2, -0.15) is 0 Å². The number of anilines is 2. The number of carbonyl (C=O) groups excluding carboxylic acids is 1. The first-order valence-corrected chi connectivity index (χ1v) is 9.82. The van der Waals surface area contributed by atoms with Gasteiger partial charge in [0.1, 0.15) is 5.82 Å². The summed E-state index contributed by atoms with van der Waals surface area (Å²) in [5, 5.41) is 2.49. The highest BCUT2D eigenvalue weighted by atomic mass is 16.2. The molecular formula is C20H37N7O. The quantitative estimate of drug-likeness (QED) is 0.304. The fraction of sp³-hybridized carbons (Fsp3) is 0.700. The fourth-order valence-corrected chi connectivity index (χ4v) is 3.54. The van der Waals surface area contributed by atoms with Crippen molar-refractivity contribution in [2.24, 2.45) is 21.6 Å². The Kier molecular flexibility index (Phi) is 8.20. The zero-order chi connectivity index (χ0) is 21.5.